The third-order valence-electron chi connectivity index (χ3n) is 4.98. The van der Waals surface area contributed by atoms with Crippen molar-refractivity contribution in [1.29, 1.82) is 0 Å². The normalized spacial score (nSPS) is 17.0. The van der Waals surface area contributed by atoms with E-state index in [-0.39, 0.29) is 5.82 Å². The van der Waals surface area contributed by atoms with Gasteiger partial charge < -0.3 is 4.57 Å². The van der Waals surface area contributed by atoms with Crippen LogP contribution in [0, 0.1) is 5.82 Å². The highest BCUT2D eigenvalue weighted by atomic mass is 32.2. The number of nitrogens with zero attached hydrogens (tertiary/aromatic N) is 1. The molecule has 4 heteroatoms. The van der Waals surface area contributed by atoms with Crippen LogP contribution < -0.4 is 4.72 Å². The Hall–Kier alpha value is -1.78. The number of halogens is 1. The Bertz CT molecular complexity index is 869. The molecule has 0 bridgehead atoms. The van der Waals surface area contributed by atoms with E-state index in [1.54, 1.807) is 11.9 Å². The molecule has 4 rings (SSSR count). The van der Waals surface area contributed by atoms with Crippen molar-refractivity contribution in [1.82, 2.24) is 9.29 Å². The molecule has 0 fully saturated rings. The maximum atomic E-state index is 13.0. The Balaban J connectivity index is 1.54. The third kappa shape index (κ3) is 3.33. The van der Waals surface area contributed by atoms with E-state index in [9.17, 15) is 4.39 Å². The van der Waals surface area contributed by atoms with Crippen LogP contribution in [0.5, 0.6) is 0 Å². The molecular weight excluding hydrogens is 331 g/mol. The molecule has 0 saturated carbocycles. The van der Waals surface area contributed by atoms with Crippen molar-refractivity contribution in [3.8, 4) is 0 Å². The van der Waals surface area contributed by atoms with Crippen molar-refractivity contribution in [2.75, 3.05) is 0 Å². The molecule has 0 aliphatic heterocycles. The van der Waals surface area contributed by atoms with E-state index < -0.39 is 0 Å². The summed E-state index contributed by atoms with van der Waals surface area (Å²) in [5.41, 5.74) is 4.40. The lowest BCUT2D eigenvalue weighted by Crippen LogP contribution is -2.30. The van der Waals surface area contributed by atoms with Crippen LogP contribution in [0.4, 0.5) is 4.39 Å². The monoisotopic (exact) mass is 354 g/mol. The Morgan fingerprint density at radius 3 is 2.76 bits per heavy atom. The Kier molecular flexibility index (Phi) is 4.82. The molecule has 0 radical (unpaired) electrons. The molecule has 1 aliphatic rings. The summed E-state index contributed by atoms with van der Waals surface area (Å²) in [5.74, 6) is -0.185. The molecule has 1 unspecified atom stereocenters. The number of nitrogens with one attached hydrogen (secondary N) is 1. The molecule has 1 heterocycles. The van der Waals surface area contributed by atoms with E-state index in [1.807, 2.05) is 12.1 Å². The molecule has 130 valence electrons. The van der Waals surface area contributed by atoms with Crippen molar-refractivity contribution >= 4 is 22.9 Å². The van der Waals surface area contributed by atoms with Gasteiger partial charge in [-0.3, -0.25) is 4.72 Å². The van der Waals surface area contributed by atoms with Crippen molar-refractivity contribution in [2.24, 2.45) is 0 Å². The van der Waals surface area contributed by atoms with Gasteiger partial charge in [-0.2, -0.15) is 0 Å². The van der Waals surface area contributed by atoms with E-state index in [4.69, 9.17) is 0 Å². The predicted molar refractivity (Wildman–Crippen MR) is 103 cm³/mol. The van der Waals surface area contributed by atoms with Gasteiger partial charge >= 0.3 is 0 Å². The number of benzene rings is 2. The second-order valence-corrected chi connectivity index (χ2v) is 7.62. The van der Waals surface area contributed by atoms with E-state index in [0.717, 1.165) is 37.1 Å². The highest BCUT2D eigenvalue weighted by Gasteiger charge is 2.25. The summed E-state index contributed by atoms with van der Waals surface area (Å²) in [6.07, 6.45) is 4.47. The number of rotatable bonds is 5. The average molecular weight is 354 g/mol. The topological polar surface area (TPSA) is 17.0 Å². The molecule has 1 N–H and O–H groups in total. The van der Waals surface area contributed by atoms with Crippen molar-refractivity contribution in [2.45, 2.75) is 50.1 Å². The maximum absolute atomic E-state index is 13.0. The third-order valence-corrected chi connectivity index (χ3v) is 5.94. The van der Waals surface area contributed by atoms with Gasteiger partial charge in [-0.15, -0.1) is 0 Å². The lowest BCUT2D eigenvalue weighted by atomic mass is 9.92. The van der Waals surface area contributed by atoms with Crippen LogP contribution in [0.2, 0.25) is 0 Å². The summed E-state index contributed by atoms with van der Waals surface area (Å²) in [6, 6.07) is 15.9. The van der Waals surface area contributed by atoms with Crippen LogP contribution in [-0.4, -0.2) is 10.6 Å². The van der Waals surface area contributed by atoms with E-state index in [0.29, 0.717) is 6.04 Å². The Morgan fingerprint density at radius 1 is 1.16 bits per heavy atom. The predicted octanol–water partition coefficient (Wildman–Crippen LogP) is 5.34. The number of aryl methyl sites for hydroxylation is 1. The summed E-state index contributed by atoms with van der Waals surface area (Å²) in [4.78, 5) is 1.06. The van der Waals surface area contributed by atoms with Gasteiger partial charge in [-0.25, -0.2) is 4.39 Å². The quantitative estimate of drug-likeness (QED) is 0.623. The van der Waals surface area contributed by atoms with Crippen LogP contribution in [0.15, 0.2) is 53.4 Å². The largest absolute Gasteiger partial charge is 0.344 e. The number of fused-ring (bicyclic) bond motifs is 3. The van der Waals surface area contributed by atoms with Crippen LogP contribution in [0.1, 0.15) is 31.0 Å². The fourth-order valence-electron chi connectivity index (χ4n) is 3.83. The zero-order chi connectivity index (χ0) is 17.2. The molecule has 2 nitrogen and oxygen atoms in total. The van der Waals surface area contributed by atoms with E-state index >= 15 is 0 Å². The highest BCUT2D eigenvalue weighted by Crippen LogP contribution is 2.33. The maximum Gasteiger partial charge on any atom is 0.123 e. The Labute approximate surface area is 152 Å². The number of para-hydroxylation sites is 1. The molecule has 0 saturated heterocycles. The highest BCUT2D eigenvalue weighted by molar-refractivity contribution is 7.97. The first-order valence-electron chi connectivity index (χ1n) is 9.03. The first-order chi connectivity index (χ1) is 12.3. The minimum Gasteiger partial charge on any atom is -0.344 e. The summed E-state index contributed by atoms with van der Waals surface area (Å²) in [5, 5.41) is 1.41. The molecule has 1 atom stereocenters. The van der Waals surface area contributed by atoms with Gasteiger partial charge in [-0.1, -0.05) is 25.1 Å². The second kappa shape index (κ2) is 7.22. The molecule has 0 amide bonds. The van der Waals surface area contributed by atoms with Gasteiger partial charge in [0.1, 0.15) is 5.82 Å². The number of hydrogen-bond donors (Lipinski definition) is 1. The van der Waals surface area contributed by atoms with Crippen molar-refractivity contribution in [3.63, 3.8) is 0 Å². The fraction of sp³-hybridized carbons (Fsp3) is 0.333. The second-order valence-electron chi connectivity index (χ2n) is 6.71. The van der Waals surface area contributed by atoms with E-state index in [1.165, 1.54) is 34.3 Å². The number of hydrogen-bond acceptors (Lipinski definition) is 2. The van der Waals surface area contributed by atoms with Crippen LogP contribution in [0.25, 0.3) is 10.9 Å². The molecule has 0 spiro atoms. The zero-order valence-corrected chi connectivity index (χ0v) is 15.3. The van der Waals surface area contributed by atoms with Crippen LogP contribution >= 0.6 is 11.9 Å². The molecular formula is C21H23FN2S. The van der Waals surface area contributed by atoms with Crippen LogP contribution in [-0.2, 0) is 19.4 Å². The lowest BCUT2D eigenvalue weighted by Gasteiger charge is -2.24. The lowest BCUT2D eigenvalue weighted by molar-refractivity contribution is 0.523. The summed E-state index contributed by atoms with van der Waals surface area (Å²) in [7, 11) is 0. The van der Waals surface area contributed by atoms with Crippen molar-refractivity contribution in [3.05, 3.63) is 65.6 Å². The van der Waals surface area contributed by atoms with Crippen molar-refractivity contribution < 1.29 is 4.39 Å². The van der Waals surface area contributed by atoms with Gasteiger partial charge in [0.15, 0.2) is 0 Å². The first kappa shape index (κ1) is 16.7. The number of aromatic nitrogens is 1. The van der Waals surface area contributed by atoms with Crippen LogP contribution in [0.3, 0.4) is 0 Å². The Morgan fingerprint density at radius 2 is 1.96 bits per heavy atom. The van der Waals surface area contributed by atoms with Gasteiger partial charge in [0.2, 0.25) is 0 Å². The fourth-order valence-corrected chi connectivity index (χ4v) is 4.61. The summed E-state index contributed by atoms with van der Waals surface area (Å²) in [6.45, 7) is 3.34. The van der Waals surface area contributed by atoms with Gasteiger partial charge in [0.05, 0.1) is 0 Å². The first-order valence-corrected chi connectivity index (χ1v) is 9.85. The minimum absolute atomic E-state index is 0.185. The van der Waals surface area contributed by atoms with Gasteiger partial charge in [-0.05, 0) is 73.5 Å². The van der Waals surface area contributed by atoms with Gasteiger partial charge in [0.25, 0.3) is 0 Å². The van der Waals surface area contributed by atoms with E-state index in [2.05, 4.69) is 40.5 Å². The van der Waals surface area contributed by atoms with Gasteiger partial charge in [0, 0.05) is 34.1 Å². The molecule has 1 aromatic heterocycles. The molecule has 25 heavy (non-hydrogen) atoms. The standard InChI is InChI=1S/C21H23FN2S/c1-2-13-24-20-6-4-3-5-18(20)19-14-16(9-12-21(19)24)23-25-17-10-7-15(22)8-11-17/h3-8,10-11,16,23H,2,9,12-14H2,1H3. The summed E-state index contributed by atoms with van der Waals surface area (Å²) < 4.78 is 19.1. The minimum atomic E-state index is -0.185. The molecule has 1 aliphatic carbocycles. The zero-order valence-electron chi connectivity index (χ0n) is 14.5. The molecule has 2 aromatic carbocycles. The SMILES string of the molecule is CCCn1c2c(c3ccccc31)CC(NSc1ccc(F)cc1)CC2. The smallest absolute Gasteiger partial charge is 0.123 e. The molecule has 3 aromatic rings. The summed E-state index contributed by atoms with van der Waals surface area (Å²) >= 11 is 1.61. The average Bonchev–Trinajstić information content (AvgIpc) is 2.95.